The van der Waals surface area contributed by atoms with Crippen molar-refractivity contribution in [2.45, 2.75) is 56.8 Å². The van der Waals surface area contributed by atoms with Crippen LogP contribution in [0.2, 0.25) is 0 Å². The molecular formula is C16H24O2S. The number of benzene rings is 1. The summed E-state index contributed by atoms with van der Waals surface area (Å²) in [5.41, 5.74) is 0.361. The molecule has 0 atom stereocenters. The van der Waals surface area contributed by atoms with E-state index in [9.17, 15) is 4.79 Å². The molecule has 0 saturated carbocycles. The summed E-state index contributed by atoms with van der Waals surface area (Å²) in [6.07, 6.45) is 9.32. The van der Waals surface area contributed by atoms with Gasteiger partial charge in [-0.2, -0.15) is 0 Å². The number of hydrogen-bond acceptors (Lipinski definition) is 2. The van der Waals surface area contributed by atoms with Gasteiger partial charge in [0.1, 0.15) is 0 Å². The quantitative estimate of drug-likeness (QED) is 0.471. The van der Waals surface area contributed by atoms with Gasteiger partial charge in [0.15, 0.2) is 0 Å². The highest BCUT2D eigenvalue weighted by molar-refractivity contribution is 7.99. The number of aromatic carboxylic acids is 1. The summed E-state index contributed by atoms with van der Waals surface area (Å²) in [4.78, 5) is 11.9. The van der Waals surface area contributed by atoms with E-state index in [0.29, 0.717) is 5.56 Å². The van der Waals surface area contributed by atoms with Crippen LogP contribution >= 0.6 is 11.8 Å². The van der Waals surface area contributed by atoms with E-state index in [2.05, 4.69) is 6.92 Å². The Balaban J connectivity index is 2.07. The highest BCUT2D eigenvalue weighted by Gasteiger charge is 2.01. The molecule has 0 amide bonds. The minimum Gasteiger partial charge on any atom is -0.478 e. The molecule has 0 unspecified atom stereocenters. The van der Waals surface area contributed by atoms with Crippen molar-refractivity contribution in [3.05, 3.63) is 29.8 Å². The van der Waals surface area contributed by atoms with E-state index >= 15 is 0 Å². The molecule has 0 aromatic heterocycles. The van der Waals surface area contributed by atoms with Crippen LogP contribution in [0.4, 0.5) is 0 Å². The van der Waals surface area contributed by atoms with Crippen LogP contribution in [-0.2, 0) is 0 Å². The van der Waals surface area contributed by atoms with Crippen molar-refractivity contribution >= 4 is 17.7 Å². The summed E-state index contributed by atoms with van der Waals surface area (Å²) < 4.78 is 0. The molecule has 1 N–H and O–H groups in total. The molecule has 2 nitrogen and oxygen atoms in total. The first-order valence-corrected chi connectivity index (χ1v) is 8.18. The van der Waals surface area contributed by atoms with Crippen LogP contribution in [0.15, 0.2) is 29.2 Å². The molecule has 0 aliphatic rings. The largest absolute Gasteiger partial charge is 0.478 e. The van der Waals surface area contributed by atoms with E-state index in [1.54, 1.807) is 12.1 Å². The zero-order valence-electron chi connectivity index (χ0n) is 11.7. The third-order valence-corrected chi connectivity index (χ3v) is 4.22. The minimum absolute atomic E-state index is 0.361. The van der Waals surface area contributed by atoms with E-state index in [-0.39, 0.29) is 0 Å². The number of unbranched alkanes of at least 4 members (excludes halogenated alkanes) is 6. The lowest BCUT2D eigenvalue weighted by atomic mass is 10.1. The average Bonchev–Trinajstić information content (AvgIpc) is 2.42. The fraction of sp³-hybridized carbons (Fsp3) is 0.562. The zero-order chi connectivity index (χ0) is 13.9. The smallest absolute Gasteiger partial charge is 0.335 e. The topological polar surface area (TPSA) is 37.3 Å². The highest BCUT2D eigenvalue weighted by atomic mass is 32.2. The zero-order valence-corrected chi connectivity index (χ0v) is 12.5. The van der Waals surface area contributed by atoms with Crippen LogP contribution in [0.1, 0.15) is 62.2 Å². The standard InChI is InChI=1S/C16H24O2S/c1-2-3-4-5-6-7-8-13-19-15-11-9-14(10-12-15)16(17)18/h9-12H,2-8,13H2,1H3,(H,17,18). The maximum atomic E-state index is 10.7. The normalized spacial score (nSPS) is 10.6. The number of hydrogen-bond donors (Lipinski definition) is 1. The van der Waals surface area contributed by atoms with Crippen molar-refractivity contribution in [2.75, 3.05) is 5.75 Å². The molecule has 19 heavy (non-hydrogen) atoms. The first-order valence-electron chi connectivity index (χ1n) is 7.20. The van der Waals surface area contributed by atoms with Gasteiger partial charge in [0.2, 0.25) is 0 Å². The Labute approximate surface area is 120 Å². The van der Waals surface area contributed by atoms with Crippen LogP contribution in [0.3, 0.4) is 0 Å². The lowest BCUT2D eigenvalue weighted by Crippen LogP contribution is -1.94. The van der Waals surface area contributed by atoms with Crippen LogP contribution in [0.5, 0.6) is 0 Å². The van der Waals surface area contributed by atoms with Gasteiger partial charge < -0.3 is 5.11 Å². The predicted molar refractivity (Wildman–Crippen MR) is 82.1 cm³/mol. The third-order valence-electron chi connectivity index (χ3n) is 3.12. The number of carboxylic acid groups (broad SMARTS) is 1. The summed E-state index contributed by atoms with van der Waals surface area (Å²) in [6.45, 7) is 2.24. The van der Waals surface area contributed by atoms with Crippen LogP contribution in [0, 0.1) is 0 Å². The molecule has 0 heterocycles. The average molecular weight is 280 g/mol. The number of thioether (sulfide) groups is 1. The Hall–Kier alpha value is -0.960. The molecule has 3 heteroatoms. The predicted octanol–water partition coefficient (Wildman–Crippen LogP) is 5.23. The molecule has 0 saturated heterocycles. The van der Waals surface area contributed by atoms with Gasteiger partial charge in [-0.15, -0.1) is 11.8 Å². The summed E-state index contributed by atoms with van der Waals surface area (Å²) in [7, 11) is 0. The Kier molecular flexibility index (Phi) is 8.39. The fourth-order valence-corrected chi connectivity index (χ4v) is 2.86. The van der Waals surface area contributed by atoms with Gasteiger partial charge in [-0.25, -0.2) is 4.79 Å². The molecule has 106 valence electrons. The van der Waals surface area contributed by atoms with Gasteiger partial charge in [0.25, 0.3) is 0 Å². The molecule has 0 aliphatic carbocycles. The van der Waals surface area contributed by atoms with Gasteiger partial charge >= 0.3 is 5.97 Å². The molecular weight excluding hydrogens is 256 g/mol. The Morgan fingerprint density at radius 2 is 1.58 bits per heavy atom. The van der Waals surface area contributed by atoms with Gasteiger partial charge in [0.05, 0.1) is 5.56 Å². The monoisotopic (exact) mass is 280 g/mol. The van der Waals surface area contributed by atoms with Crippen LogP contribution in [-0.4, -0.2) is 16.8 Å². The van der Waals surface area contributed by atoms with E-state index in [0.717, 1.165) is 10.6 Å². The highest BCUT2D eigenvalue weighted by Crippen LogP contribution is 2.20. The van der Waals surface area contributed by atoms with Gasteiger partial charge in [-0.1, -0.05) is 45.4 Å². The summed E-state index contributed by atoms with van der Waals surface area (Å²) in [6, 6.07) is 7.15. The first kappa shape index (κ1) is 16.1. The van der Waals surface area contributed by atoms with Gasteiger partial charge in [-0.3, -0.25) is 0 Å². The summed E-state index contributed by atoms with van der Waals surface area (Å²) in [5.74, 6) is 0.267. The number of carbonyl (C=O) groups is 1. The number of carboxylic acids is 1. The van der Waals surface area contributed by atoms with Crippen molar-refractivity contribution < 1.29 is 9.90 Å². The maximum Gasteiger partial charge on any atom is 0.335 e. The number of rotatable bonds is 10. The minimum atomic E-state index is -0.858. The molecule has 0 radical (unpaired) electrons. The second-order valence-electron chi connectivity index (χ2n) is 4.80. The van der Waals surface area contributed by atoms with E-state index in [4.69, 9.17) is 5.11 Å². The van der Waals surface area contributed by atoms with E-state index in [1.165, 1.54) is 44.9 Å². The third kappa shape index (κ3) is 7.26. The first-order chi connectivity index (χ1) is 9.24. The summed E-state index contributed by atoms with van der Waals surface area (Å²) in [5, 5.41) is 8.80. The van der Waals surface area contributed by atoms with Gasteiger partial charge in [-0.05, 0) is 36.4 Å². The molecule has 0 fully saturated rings. The maximum absolute atomic E-state index is 10.7. The van der Waals surface area contributed by atoms with Crippen LogP contribution < -0.4 is 0 Å². The van der Waals surface area contributed by atoms with Crippen molar-refractivity contribution in [2.24, 2.45) is 0 Å². The van der Waals surface area contributed by atoms with E-state index < -0.39 is 5.97 Å². The SMILES string of the molecule is CCCCCCCCCSc1ccc(C(=O)O)cc1. The lowest BCUT2D eigenvalue weighted by molar-refractivity contribution is 0.0697. The fourth-order valence-electron chi connectivity index (χ4n) is 1.94. The van der Waals surface area contributed by atoms with Crippen molar-refractivity contribution in [1.82, 2.24) is 0 Å². The second kappa shape index (κ2) is 9.90. The molecule has 1 aromatic rings. The molecule has 0 bridgehead atoms. The summed E-state index contributed by atoms with van der Waals surface area (Å²) >= 11 is 1.82. The second-order valence-corrected chi connectivity index (χ2v) is 5.97. The van der Waals surface area contributed by atoms with Crippen molar-refractivity contribution in [3.8, 4) is 0 Å². The Bertz CT molecular complexity index is 360. The molecule has 1 rings (SSSR count). The Morgan fingerprint density at radius 3 is 2.16 bits per heavy atom. The molecule has 0 aliphatic heterocycles. The van der Waals surface area contributed by atoms with Crippen molar-refractivity contribution in [1.29, 1.82) is 0 Å². The molecule has 1 aromatic carbocycles. The van der Waals surface area contributed by atoms with E-state index in [1.807, 2.05) is 23.9 Å². The van der Waals surface area contributed by atoms with Crippen molar-refractivity contribution in [3.63, 3.8) is 0 Å². The lowest BCUT2D eigenvalue weighted by Gasteiger charge is -2.03. The van der Waals surface area contributed by atoms with Crippen LogP contribution in [0.25, 0.3) is 0 Å². The Morgan fingerprint density at radius 1 is 1.00 bits per heavy atom. The van der Waals surface area contributed by atoms with Gasteiger partial charge in [0, 0.05) is 4.90 Å². The molecule has 0 spiro atoms.